The van der Waals surface area contributed by atoms with Gasteiger partial charge in [-0.1, -0.05) is 15.9 Å². The van der Waals surface area contributed by atoms with Crippen molar-refractivity contribution in [1.29, 1.82) is 0 Å². The molecular formula is C15H25BrN2O3. The molecule has 2 aliphatic heterocycles. The van der Waals surface area contributed by atoms with Gasteiger partial charge in [0.1, 0.15) is 5.60 Å². The molecular weight excluding hydrogens is 336 g/mol. The fourth-order valence-electron chi connectivity index (χ4n) is 2.94. The van der Waals surface area contributed by atoms with Gasteiger partial charge in [-0.15, -0.1) is 0 Å². The average Bonchev–Trinajstić information content (AvgIpc) is 2.58. The maximum absolute atomic E-state index is 12.1. The number of carbonyl (C=O) groups excluding carboxylic acids is 2. The molecule has 0 aromatic rings. The number of nitrogens with zero attached hydrogens (tertiary/aromatic N) is 2. The first-order chi connectivity index (χ1) is 9.76. The van der Waals surface area contributed by atoms with Gasteiger partial charge in [-0.05, 0) is 40.0 Å². The van der Waals surface area contributed by atoms with Crippen molar-refractivity contribution in [2.75, 3.05) is 19.6 Å². The second kappa shape index (κ2) is 6.55. The van der Waals surface area contributed by atoms with E-state index < -0.39 is 5.60 Å². The van der Waals surface area contributed by atoms with Crippen LogP contribution in [0.4, 0.5) is 4.79 Å². The van der Waals surface area contributed by atoms with Crippen LogP contribution in [0.3, 0.4) is 0 Å². The van der Waals surface area contributed by atoms with Crippen molar-refractivity contribution in [3.8, 4) is 0 Å². The molecule has 2 atom stereocenters. The van der Waals surface area contributed by atoms with Crippen LogP contribution in [0.2, 0.25) is 0 Å². The third-order valence-corrected chi connectivity index (χ3v) is 4.51. The van der Waals surface area contributed by atoms with E-state index in [-0.39, 0.29) is 22.9 Å². The molecule has 21 heavy (non-hydrogen) atoms. The first kappa shape index (κ1) is 16.6. The van der Waals surface area contributed by atoms with Gasteiger partial charge in [0, 0.05) is 36.9 Å². The number of carbonyl (C=O) groups is 2. The Bertz CT molecular complexity index is 408. The molecule has 2 amide bonds. The van der Waals surface area contributed by atoms with Crippen molar-refractivity contribution in [3.63, 3.8) is 0 Å². The number of amides is 2. The van der Waals surface area contributed by atoms with Gasteiger partial charge in [-0.3, -0.25) is 4.79 Å². The van der Waals surface area contributed by atoms with Crippen LogP contribution in [-0.2, 0) is 9.53 Å². The molecule has 0 N–H and O–H groups in total. The predicted molar refractivity (Wildman–Crippen MR) is 84.5 cm³/mol. The van der Waals surface area contributed by atoms with Gasteiger partial charge in [0.15, 0.2) is 0 Å². The molecule has 0 saturated carbocycles. The zero-order valence-electron chi connectivity index (χ0n) is 13.1. The maximum Gasteiger partial charge on any atom is 0.410 e. The minimum atomic E-state index is -0.461. The van der Waals surface area contributed by atoms with E-state index in [1.807, 2.05) is 25.7 Å². The van der Waals surface area contributed by atoms with Crippen molar-refractivity contribution >= 4 is 27.9 Å². The molecule has 0 aromatic carbocycles. The Balaban J connectivity index is 1.90. The zero-order valence-corrected chi connectivity index (χ0v) is 14.7. The molecule has 120 valence electrons. The lowest BCUT2D eigenvalue weighted by Gasteiger charge is -2.28. The molecule has 0 aromatic heterocycles. The van der Waals surface area contributed by atoms with Gasteiger partial charge >= 0.3 is 6.09 Å². The summed E-state index contributed by atoms with van der Waals surface area (Å²) < 4.78 is 5.43. The molecule has 2 fully saturated rings. The Hall–Kier alpha value is -0.780. The number of ether oxygens (including phenoxy) is 1. The molecule has 0 spiro atoms. The molecule has 2 heterocycles. The molecule has 0 aliphatic carbocycles. The average molecular weight is 361 g/mol. The van der Waals surface area contributed by atoms with E-state index in [0.29, 0.717) is 19.5 Å². The normalized spacial score (nSPS) is 27.7. The lowest BCUT2D eigenvalue weighted by molar-refractivity contribution is -0.129. The van der Waals surface area contributed by atoms with Crippen LogP contribution >= 0.6 is 15.9 Å². The summed E-state index contributed by atoms with van der Waals surface area (Å²) >= 11 is 3.53. The lowest BCUT2D eigenvalue weighted by atomic mass is 10.1. The Labute approximate surface area is 135 Å². The highest BCUT2D eigenvalue weighted by Gasteiger charge is 2.34. The van der Waals surface area contributed by atoms with Crippen LogP contribution in [-0.4, -0.2) is 57.9 Å². The molecule has 2 saturated heterocycles. The Kier molecular flexibility index (Phi) is 5.17. The summed E-state index contributed by atoms with van der Waals surface area (Å²) in [6.45, 7) is 7.80. The summed E-state index contributed by atoms with van der Waals surface area (Å²) in [5, 5.41) is 0. The number of likely N-dealkylation sites (tertiary alicyclic amines) is 2. The first-order valence-corrected chi connectivity index (χ1v) is 8.59. The minimum Gasteiger partial charge on any atom is -0.444 e. The smallest absolute Gasteiger partial charge is 0.410 e. The summed E-state index contributed by atoms with van der Waals surface area (Å²) in [4.78, 5) is 28.1. The quantitative estimate of drug-likeness (QED) is 0.675. The third-order valence-electron chi connectivity index (χ3n) is 3.90. The van der Waals surface area contributed by atoms with Crippen molar-refractivity contribution in [3.05, 3.63) is 0 Å². The number of alkyl halides is 1. The highest BCUT2D eigenvalue weighted by molar-refractivity contribution is 9.09. The van der Waals surface area contributed by atoms with Crippen LogP contribution in [0, 0.1) is 0 Å². The monoisotopic (exact) mass is 360 g/mol. The summed E-state index contributed by atoms with van der Waals surface area (Å²) in [6.07, 6.45) is 3.07. The van der Waals surface area contributed by atoms with Crippen molar-refractivity contribution in [1.82, 2.24) is 9.80 Å². The summed E-state index contributed by atoms with van der Waals surface area (Å²) in [7, 11) is 0. The second-order valence-corrected chi connectivity index (χ2v) is 8.19. The fourth-order valence-corrected chi connectivity index (χ4v) is 3.53. The van der Waals surface area contributed by atoms with E-state index in [0.717, 1.165) is 25.8 Å². The molecule has 0 radical (unpaired) electrons. The summed E-state index contributed by atoms with van der Waals surface area (Å²) in [5.41, 5.74) is -0.461. The Morgan fingerprint density at radius 1 is 1.29 bits per heavy atom. The molecule has 5 nitrogen and oxygen atoms in total. The van der Waals surface area contributed by atoms with Crippen LogP contribution in [0.1, 0.15) is 46.5 Å². The lowest BCUT2D eigenvalue weighted by Crippen LogP contribution is -2.39. The predicted octanol–water partition coefficient (Wildman–Crippen LogP) is 2.77. The second-order valence-electron chi connectivity index (χ2n) is 6.90. The third kappa shape index (κ3) is 4.59. The van der Waals surface area contributed by atoms with Crippen LogP contribution in [0.25, 0.3) is 0 Å². The molecule has 2 aliphatic rings. The van der Waals surface area contributed by atoms with Crippen LogP contribution in [0.5, 0.6) is 0 Å². The first-order valence-electron chi connectivity index (χ1n) is 7.68. The molecule has 6 heteroatoms. The van der Waals surface area contributed by atoms with E-state index in [9.17, 15) is 9.59 Å². The highest BCUT2D eigenvalue weighted by atomic mass is 79.9. The van der Waals surface area contributed by atoms with Crippen molar-refractivity contribution in [2.45, 2.75) is 62.9 Å². The maximum atomic E-state index is 12.1. The zero-order chi connectivity index (χ0) is 15.6. The van der Waals surface area contributed by atoms with Gasteiger partial charge in [0.05, 0.1) is 0 Å². The Morgan fingerprint density at radius 3 is 2.57 bits per heavy atom. The van der Waals surface area contributed by atoms with E-state index in [4.69, 9.17) is 4.74 Å². The van der Waals surface area contributed by atoms with E-state index in [1.54, 1.807) is 4.90 Å². The van der Waals surface area contributed by atoms with Gasteiger partial charge in [-0.2, -0.15) is 0 Å². The van der Waals surface area contributed by atoms with Gasteiger partial charge in [-0.25, -0.2) is 4.79 Å². The number of rotatable bonds is 1. The largest absolute Gasteiger partial charge is 0.444 e. The van der Waals surface area contributed by atoms with E-state index in [1.165, 1.54) is 0 Å². The summed E-state index contributed by atoms with van der Waals surface area (Å²) in [6, 6.07) is 0.257. The SMILES string of the molecule is CC(C)(C)OC(=O)N1CCCC(N2CC(Br)CC2=O)CC1. The van der Waals surface area contributed by atoms with Gasteiger partial charge in [0.25, 0.3) is 0 Å². The van der Waals surface area contributed by atoms with Crippen molar-refractivity contribution < 1.29 is 14.3 Å². The molecule has 2 unspecified atom stereocenters. The fraction of sp³-hybridized carbons (Fsp3) is 0.867. The van der Waals surface area contributed by atoms with Crippen LogP contribution < -0.4 is 0 Å². The van der Waals surface area contributed by atoms with E-state index in [2.05, 4.69) is 15.9 Å². The summed E-state index contributed by atoms with van der Waals surface area (Å²) in [5.74, 6) is 0.229. The minimum absolute atomic E-state index is 0.229. The number of hydrogen-bond acceptors (Lipinski definition) is 3. The molecule has 0 bridgehead atoms. The standard InChI is InChI=1S/C15H25BrN2O3/c1-15(2,3)21-14(20)17-7-4-5-12(6-8-17)18-10-11(16)9-13(18)19/h11-12H,4-10H2,1-3H3. The Morgan fingerprint density at radius 2 is 2.00 bits per heavy atom. The number of hydrogen-bond donors (Lipinski definition) is 0. The van der Waals surface area contributed by atoms with E-state index >= 15 is 0 Å². The highest BCUT2D eigenvalue weighted by Crippen LogP contribution is 2.26. The van der Waals surface area contributed by atoms with Gasteiger partial charge < -0.3 is 14.5 Å². The topological polar surface area (TPSA) is 49.9 Å². The van der Waals surface area contributed by atoms with Crippen molar-refractivity contribution in [2.24, 2.45) is 0 Å². The van der Waals surface area contributed by atoms with Gasteiger partial charge in [0.2, 0.25) is 5.91 Å². The molecule has 2 rings (SSSR count). The number of halogens is 1. The van der Waals surface area contributed by atoms with Crippen LogP contribution in [0.15, 0.2) is 0 Å².